The van der Waals surface area contributed by atoms with Crippen LogP contribution in [-0.2, 0) is 13.0 Å². The number of carbonyl (C=O) groups is 1. The number of hydrogen-bond donors (Lipinski definition) is 2. The van der Waals surface area contributed by atoms with E-state index in [4.69, 9.17) is 0 Å². The Morgan fingerprint density at radius 3 is 2.54 bits per heavy atom. The maximum atomic E-state index is 13.6. The molecule has 0 unspecified atom stereocenters. The van der Waals surface area contributed by atoms with Gasteiger partial charge in [-0.25, -0.2) is 14.4 Å². The Hall–Kier alpha value is -3.28. The van der Waals surface area contributed by atoms with Crippen LogP contribution in [0.4, 0.5) is 10.2 Å². The summed E-state index contributed by atoms with van der Waals surface area (Å²) in [5, 5.41) is 6.01. The molecule has 3 aromatic rings. The van der Waals surface area contributed by atoms with Crippen LogP contribution in [0.5, 0.6) is 0 Å². The number of aryl methyl sites for hydroxylation is 2. The minimum Gasteiger partial charge on any atom is -0.366 e. The summed E-state index contributed by atoms with van der Waals surface area (Å²) in [6, 6.07) is 16.4. The van der Waals surface area contributed by atoms with Gasteiger partial charge in [-0.05, 0) is 37.5 Å². The number of rotatable bonds is 7. The highest BCUT2D eigenvalue weighted by Gasteiger charge is 2.11. The van der Waals surface area contributed by atoms with Crippen molar-refractivity contribution in [1.29, 1.82) is 0 Å². The van der Waals surface area contributed by atoms with Gasteiger partial charge in [0, 0.05) is 19.2 Å². The predicted molar refractivity (Wildman–Crippen MR) is 108 cm³/mol. The molecule has 0 aliphatic rings. The smallest absolute Gasteiger partial charge is 0.270 e. The topological polar surface area (TPSA) is 66.9 Å². The molecule has 6 heteroatoms. The zero-order chi connectivity index (χ0) is 19.9. The van der Waals surface area contributed by atoms with E-state index in [9.17, 15) is 9.18 Å². The van der Waals surface area contributed by atoms with Gasteiger partial charge < -0.3 is 10.6 Å². The molecule has 0 saturated carbocycles. The number of halogens is 1. The predicted octanol–water partition coefficient (Wildman–Crippen LogP) is 3.82. The molecule has 0 aliphatic heterocycles. The van der Waals surface area contributed by atoms with Crippen molar-refractivity contribution in [2.75, 3.05) is 11.9 Å². The third-order valence-electron chi connectivity index (χ3n) is 4.30. The van der Waals surface area contributed by atoms with E-state index in [2.05, 4.69) is 32.7 Å². The summed E-state index contributed by atoms with van der Waals surface area (Å²) in [7, 11) is 0. The van der Waals surface area contributed by atoms with Crippen LogP contribution in [0.3, 0.4) is 0 Å². The standard InChI is InChI=1S/C22H23FN4O/c1-15-7-9-17(10-8-15)14-25-21-13-20(26-16(2)27-21)22(28)24-12-11-18-5-3-4-6-19(18)23/h3-10,13H,11-12,14H2,1-2H3,(H,24,28)(H,25,26,27). The largest absolute Gasteiger partial charge is 0.366 e. The third kappa shape index (κ3) is 5.36. The molecule has 2 N–H and O–H groups in total. The molecule has 5 nitrogen and oxygen atoms in total. The molecule has 2 aromatic carbocycles. The van der Waals surface area contributed by atoms with Gasteiger partial charge in [0.2, 0.25) is 0 Å². The van der Waals surface area contributed by atoms with E-state index in [-0.39, 0.29) is 17.4 Å². The molecule has 3 rings (SSSR count). The van der Waals surface area contributed by atoms with Gasteiger partial charge >= 0.3 is 0 Å². The van der Waals surface area contributed by atoms with E-state index >= 15 is 0 Å². The molecule has 0 atom stereocenters. The second-order valence-corrected chi connectivity index (χ2v) is 6.62. The van der Waals surface area contributed by atoms with Crippen LogP contribution in [0.2, 0.25) is 0 Å². The summed E-state index contributed by atoms with van der Waals surface area (Å²) < 4.78 is 13.6. The Bertz CT molecular complexity index is 957. The average molecular weight is 378 g/mol. The summed E-state index contributed by atoms with van der Waals surface area (Å²) in [5.74, 6) is 0.526. The molecule has 0 aliphatic carbocycles. The van der Waals surface area contributed by atoms with E-state index in [1.807, 2.05) is 19.1 Å². The number of aromatic nitrogens is 2. The number of benzene rings is 2. The Balaban J connectivity index is 1.59. The first kappa shape index (κ1) is 19.5. The van der Waals surface area contributed by atoms with Crippen LogP contribution in [0, 0.1) is 19.7 Å². The monoisotopic (exact) mass is 378 g/mol. The molecular formula is C22H23FN4O. The maximum absolute atomic E-state index is 13.6. The third-order valence-corrected chi connectivity index (χ3v) is 4.30. The molecule has 0 saturated heterocycles. The Kier molecular flexibility index (Phi) is 6.32. The molecular weight excluding hydrogens is 355 g/mol. The Labute approximate surface area is 164 Å². The van der Waals surface area contributed by atoms with Crippen molar-refractivity contribution in [3.63, 3.8) is 0 Å². The summed E-state index contributed by atoms with van der Waals surface area (Å²) in [6.07, 6.45) is 0.418. The van der Waals surface area contributed by atoms with Crippen molar-refractivity contribution in [3.8, 4) is 0 Å². The average Bonchev–Trinajstić information content (AvgIpc) is 2.68. The molecule has 144 valence electrons. The zero-order valence-corrected chi connectivity index (χ0v) is 16.0. The van der Waals surface area contributed by atoms with E-state index < -0.39 is 0 Å². The quantitative estimate of drug-likeness (QED) is 0.656. The second kappa shape index (κ2) is 9.08. The lowest BCUT2D eigenvalue weighted by Crippen LogP contribution is -2.27. The van der Waals surface area contributed by atoms with Crippen LogP contribution < -0.4 is 10.6 Å². The highest BCUT2D eigenvalue weighted by molar-refractivity contribution is 5.92. The first-order valence-corrected chi connectivity index (χ1v) is 9.18. The van der Waals surface area contributed by atoms with Gasteiger partial charge in [-0.2, -0.15) is 0 Å². The van der Waals surface area contributed by atoms with E-state index in [1.165, 1.54) is 11.6 Å². The zero-order valence-electron chi connectivity index (χ0n) is 16.0. The first-order valence-electron chi connectivity index (χ1n) is 9.18. The maximum Gasteiger partial charge on any atom is 0.270 e. The van der Waals surface area contributed by atoms with Crippen molar-refractivity contribution in [3.05, 3.63) is 88.6 Å². The number of nitrogens with one attached hydrogen (secondary N) is 2. The summed E-state index contributed by atoms with van der Waals surface area (Å²) >= 11 is 0. The van der Waals surface area contributed by atoms with Gasteiger partial charge in [0.1, 0.15) is 23.2 Å². The fraction of sp³-hybridized carbons (Fsp3) is 0.227. The van der Waals surface area contributed by atoms with Crippen LogP contribution in [-0.4, -0.2) is 22.4 Å². The molecule has 1 aromatic heterocycles. The number of amides is 1. The van der Waals surface area contributed by atoms with Crippen LogP contribution in [0.25, 0.3) is 0 Å². The lowest BCUT2D eigenvalue weighted by atomic mass is 10.1. The summed E-state index contributed by atoms with van der Waals surface area (Å²) in [4.78, 5) is 21.0. The number of carbonyl (C=O) groups excluding carboxylic acids is 1. The fourth-order valence-corrected chi connectivity index (χ4v) is 2.78. The van der Waals surface area contributed by atoms with Crippen LogP contribution >= 0.6 is 0 Å². The molecule has 0 fully saturated rings. The Morgan fingerprint density at radius 1 is 1.04 bits per heavy atom. The summed E-state index contributed by atoms with van der Waals surface area (Å²) in [6.45, 7) is 4.72. The van der Waals surface area contributed by atoms with Gasteiger partial charge in [0.15, 0.2) is 0 Å². The lowest BCUT2D eigenvalue weighted by molar-refractivity contribution is 0.0948. The van der Waals surface area contributed by atoms with Crippen molar-refractivity contribution >= 4 is 11.7 Å². The van der Waals surface area contributed by atoms with Crippen molar-refractivity contribution in [2.24, 2.45) is 0 Å². The first-order chi connectivity index (χ1) is 13.5. The van der Waals surface area contributed by atoms with Gasteiger partial charge in [-0.1, -0.05) is 48.0 Å². The highest BCUT2D eigenvalue weighted by Crippen LogP contribution is 2.11. The molecule has 1 heterocycles. The van der Waals surface area contributed by atoms with Crippen molar-refractivity contribution < 1.29 is 9.18 Å². The Morgan fingerprint density at radius 2 is 1.79 bits per heavy atom. The molecule has 1 amide bonds. The SMILES string of the molecule is Cc1ccc(CNc2cc(C(=O)NCCc3ccccc3F)nc(C)n2)cc1. The number of nitrogens with zero attached hydrogens (tertiary/aromatic N) is 2. The van der Waals surface area contributed by atoms with Gasteiger partial charge in [-0.3, -0.25) is 4.79 Å². The van der Waals surface area contributed by atoms with Crippen molar-refractivity contribution in [1.82, 2.24) is 15.3 Å². The second-order valence-electron chi connectivity index (χ2n) is 6.62. The molecule has 0 radical (unpaired) electrons. The van der Waals surface area contributed by atoms with Crippen molar-refractivity contribution in [2.45, 2.75) is 26.8 Å². The van der Waals surface area contributed by atoms with Crippen LogP contribution in [0.15, 0.2) is 54.6 Å². The minimum atomic E-state index is -0.305. The molecule has 28 heavy (non-hydrogen) atoms. The van der Waals surface area contributed by atoms with E-state index in [1.54, 1.807) is 31.2 Å². The van der Waals surface area contributed by atoms with Crippen LogP contribution in [0.1, 0.15) is 33.0 Å². The number of hydrogen-bond acceptors (Lipinski definition) is 4. The lowest BCUT2D eigenvalue weighted by Gasteiger charge is -2.10. The highest BCUT2D eigenvalue weighted by atomic mass is 19.1. The van der Waals surface area contributed by atoms with E-state index in [0.717, 1.165) is 5.56 Å². The number of anilines is 1. The van der Waals surface area contributed by atoms with Gasteiger partial charge in [-0.15, -0.1) is 0 Å². The van der Waals surface area contributed by atoms with Gasteiger partial charge in [0.05, 0.1) is 0 Å². The molecule has 0 spiro atoms. The minimum absolute atomic E-state index is 0.266. The van der Waals surface area contributed by atoms with Gasteiger partial charge in [0.25, 0.3) is 5.91 Å². The summed E-state index contributed by atoms with van der Waals surface area (Å²) in [5.41, 5.74) is 3.18. The fourth-order valence-electron chi connectivity index (χ4n) is 2.78. The van der Waals surface area contributed by atoms with E-state index in [0.29, 0.717) is 36.7 Å². The molecule has 0 bridgehead atoms. The normalized spacial score (nSPS) is 10.5.